The highest BCUT2D eigenvalue weighted by Gasteiger charge is 2.25. The smallest absolute Gasteiger partial charge is 0.251 e. The first-order valence-corrected chi connectivity index (χ1v) is 8.79. The highest BCUT2D eigenvalue weighted by molar-refractivity contribution is 6.31. The normalized spacial score (nSPS) is 12.2. The van der Waals surface area contributed by atoms with Crippen LogP contribution in [0.4, 0.5) is 0 Å². The number of benzene rings is 2. The van der Waals surface area contributed by atoms with E-state index in [-0.39, 0.29) is 17.9 Å². The van der Waals surface area contributed by atoms with Gasteiger partial charge in [-0.3, -0.25) is 4.79 Å². The summed E-state index contributed by atoms with van der Waals surface area (Å²) in [6, 6.07) is 14.3. The Morgan fingerprint density at radius 2 is 1.88 bits per heavy atom. The molecule has 0 aliphatic heterocycles. The lowest BCUT2D eigenvalue weighted by Gasteiger charge is -2.18. The van der Waals surface area contributed by atoms with Gasteiger partial charge in [-0.2, -0.15) is 4.98 Å². The van der Waals surface area contributed by atoms with Crippen molar-refractivity contribution in [1.29, 1.82) is 0 Å². The molecule has 1 heterocycles. The van der Waals surface area contributed by atoms with Crippen LogP contribution in [0.25, 0.3) is 11.4 Å². The van der Waals surface area contributed by atoms with Crippen LogP contribution in [0.1, 0.15) is 41.7 Å². The maximum absolute atomic E-state index is 12.5. The van der Waals surface area contributed by atoms with Crippen LogP contribution >= 0.6 is 11.6 Å². The van der Waals surface area contributed by atoms with E-state index >= 15 is 0 Å². The third-order valence-electron chi connectivity index (χ3n) is 4.13. The zero-order chi connectivity index (χ0) is 18.7. The van der Waals surface area contributed by atoms with Gasteiger partial charge >= 0.3 is 0 Å². The van der Waals surface area contributed by atoms with Gasteiger partial charge in [0.05, 0.1) is 0 Å². The van der Waals surface area contributed by atoms with E-state index in [1.54, 1.807) is 18.2 Å². The largest absolute Gasteiger partial charge is 0.340 e. The van der Waals surface area contributed by atoms with Crippen LogP contribution in [-0.2, 0) is 0 Å². The number of nitrogens with one attached hydrogen (secondary N) is 1. The molecule has 1 amide bonds. The van der Waals surface area contributed by atoms with Crippen LogP contribution < -0.4 is 5.32 Å². The van der Waals surface area contributed by atoms with Gasteiger partial charge in [-0.25, -0.2) is 0 Å². The summed E-state index contributed by atoms with van der Waals surface area (Å²) in [5.74, 6) is 0.720. The molecule has 0 bridgehead atoms. The number of nitrogens with zero attached hydrogens (tertiary/aromatic N) is 2. The number of hydrogen-bond acceptors (Lipinski definition) is 4. The number of carbonyl (C=O) groups excluding carboxylic acids is 1. The molecule has 0 fully saturated rings. The van der Waals surface area contributed by atoms with Crippen molar-refractivity contribution in [1.82, 2.24) is 15.5 Å². The van der Waals surface area contributed by atoms with Gasteiger partial charge in [0.25, 0.3) is 5.91 Å². The van der Waals surface area contributed by atoms with E-state index in [0.717, 1.165) is 11.1 Å². The van der Waals surface area contributed by atoms with Crippen LogP contribution in [0.15, 0.2) is 53.1 Å². The fraction of sp³-hybridized carbons (Fsp3) is 0.250. The summed E-state index contributed by atoms with van der Waals surface area (Å²) in [4.78, 5) is 16.9. The average Bonchev–Trinajstić information content (AvgIpc) is 3.12. The molecule has 0 saturated heterocycles. The van der Waals surface area contributed by atoms with E-state index < -0.39 is 0 Å². The van der Waals surface area contributed by atoms with E-state index in [4.69, 9.17) is 16.1 Å². The van der Waals surface area contributed by atoms with Crippen LogP contribution in [0, 0.1) is 12.8 Å². The lowest BCUT2D eigenvalue weighted by Crippen LogP contribution is -2.32. The highest BCUT2D eigenvalue weighted by Crippen LogP contribution is 2.26. The summed E-state index contributed by atoms with van der Waals surface area (Å²) < 4.78 is 5.43. The number of aromatic nitrogens is 2. The van der Waals surface area contributed by atoms with Gasteiger partial charge in [0.2, 0.25) is 11.7 Å². The van der Waals surface area contributed by atoms with E-state index in [0.29, 0.717) is 22.3 Å². The Kier molecular flexibility index (Phi) is 5.38. The van der Waals surface area contributed by atoms with Crippen molar-refractivity contribution >= 4 is 17.5 Å². The number of hydrogen-bond donors (Lipinski definition) is 1. The van der Waals surface area contributed by atoms with Crippen molar-refractivity contribution in [3.8, 4) is 11.4 Å². The van der Waals surface area contributed by atoms with Crippen molar-refractivity contribution in [3.63, 3.8) is 0 Å². The summed E-state index contributed by atoms with van der Waals surface area (Å²) in [7, 11) is 0. The fourth-order valence-electron chi connectivity index (χ4n) is 2.54. The van der Waals surface area contributed by atoms with Crippen LogP contribution in [0.5, 0.6) is 0 Å². The van der Waals surface area contributed by atoms with Gasteiger partial charge in [-0.1, -0.05) is 60.9 Å². The molecular weight excluding hydrogens is 350 g/mol. The van der Waals surface area contributed by atoms with Gasteiger partial charge in [-0.15, -0.1) is 0 Å². The second-order valence-electron chi connectivity index (χ2n) is 6.48. The molecule has 0 aliphatic carbocycles. The zero-order valence-corrected chi connectivity index (χ0v) is 15.6. The maximum atomic E-state index is 12.5. The first-order valence-electron chi connectivity index (χ1n) is 8.41. The Balaban J connectivity index is 1.84. The van der Waals surface area contributed by atoms with E-state index in [9.17, 15) is 4.79 Å². The summed E-state index contributed by atoms with van der Waals surface area (Å²) in [5, 5.41) is 7.66. The van der Waals surface area contributed by atoms with Gasteiger partial charge in [0.15, 0.2) is 0 Å². The molecule has 1 atom stereocenters. The lowest BCUT2D eigenvalue weighted by atomic mass is 10.0. The topological polar surface area (TPSA) is 68.0 Å². The average molecular weight is 370 g/mol. The predicted molar refractivity (Wildman–Crippen MR) is 101 cm³/mol. The minimum absolute atomic E-state index is 0.0811. The molecule has 0 radical (unpaired) electrons. The van der Waals surface area contributed by atoms with E-state index in [1.165, 1.54) is 0 Å². The van der Waals surface area contributed by atoms with Crippen molar-refractivity contribution in [3.05, 3.63) is 70.6 Å². The quantitative estimate of drug-likeness (QED) is 0.699. The molecule has 1 aromatic heterocycles. The number of aryl methyl sites for hydroxylation is 1. The molecule has 6 heteroatoms. The second-order valence-corrected chi connectivity index (χ2v) is 6.89. The van der Waals surface area contributed by atoms with Crippen LogP contribution in [0.3, 0.4) is 0 Å². The Bertz CT molecular complexity index is 906. The molecule has 0 spiro atoms. The molecular formula is C20H20ClN3O2. The zero-order valence-electron chi connectivity index (χ0n) is 14.9. The number of halogens is 1. The molecule has 3 aromatic rings. The second kappa shape index (κ2) is 7.70. The van der Waals surface area contributed by atoms with Gasteiger partial charge in [0.1, 0.15) is 6.04 Å². The van der Waals surface area contributed by atoms with Crippen molar-refractivity contribution < 1.29 is 9.32 Å². The minimum atomic E-state index is -0.384. The Morgan fingerprint density at radius 3 is 2.54 bits per heavy atom. The predicted octanol–water partition coefficient (Wildman–Crippen LogP) is 4.83. The molecule has 3 rings (SSSR count). The van der Waals surface area contributed by atoms with E-state index in [2.05, 4.69) is 15.5 Å². The van der Waals surface area contributed by atoms with Crippen LogP contribution in [0.2, 0.25) is 5.02 Å². The molecule has 1 unspecified atom stereocenters. The Morgan fingerprint density at radius 1 is 1.15 bits per heavy atom. The summed E-state index contributed by atoms with van der Waals surface area (Å²) in [6.45, 7) is 5.91. The summed E-state index contributed by atoms with van der Waals surface area (Å²) >= 11 is 6.18. The molecule has 5 nitrogen and oxygen atoms in total. The number of amides is 1. The molecule has 0 saturated carbocycles. The highest BCUT2D eigenvalue weighted by atomic mass is 35.5. The van der Waals surface area contributed by atoms with Crippen LogP contribution in [-0.4, -0.2) is 16.0 Å². The molecule has 1 N–H and O–H groups in total. The van der Waals surface area contributed by atoms with Gasteiger partial charge in [0, 0.05) is 16.1 Å². The van der Waals surface area contributed by atoms with E-state index in [1.807, 2.05) is 51.1 Å². The molecule has 0 aliphatic rings. The first-order chi connectivity index (χ1) is 12.5. The fourth-order valence-corrected chi connectivity index (χ4v) is 2.72. The molecule has 134 valence electrons. The molecule has 26 heavy (non-hydrogen) atoms. The molecule has 2 aromatic carbocycles. The van der Waals surface area contributed by atoms with Crippen molar-refractivity contribution in [2.75, 3.05) is 0 Å². The number of carbonyl (C=O) groups is 1. The lowest BCUT2D eigenvalue weighted by molar-refractivity contribution is 0.0914. The van der Waals surface area contributed by atoms with Crippen molar-refractivity contribution in [2.24, 2.45) is 5.92 Å². The SMILES string of the molecule is Cc1ccc(-c2noc(C(NC(=O)c3ccccc3)C(C)C)n2)cc1Cl. The standard InChI is InChI=1S/C20H20ClN3O2/c1-12(2)17(22-19(25)14-7-5-4-6-8-14)20-23-18(24-26-20)15-10-9-13(3)16(21)11-15/h4-12,17H,1-3H3,(H,22,25). The Hall–Kier alpha value is -2.66. The van der Waals surface area contributed by atoms with Gasteiger partial charge in [-0.05, 0) is 36.6 Å². The first kappa shape index (κ1) is 18.1. The third kappa shape index (κ3) is 3.94. The van der Waals surface area contributed by atoms with Gasteiger partial charge < -0.3 is 9.84 Å². The monoisotopic (exact) mass is 369 g/mol. The Labute approximate surface area is 157 Å². The third-order valence-corrected chi connectivity index (χ3v) is 4.53. The minimum Gasteiger partial charge on any atom is -0.340 e. The number of rotatable bonds is 5. The van der Waals surface area contributed by atoms with Crippen molar-refractivity contribution in [2.45, 2.75) is 26.8 Å². The summed E-state index contributed by atoms with van der Waals surface area (Å²) in [6.07, 6.45) is 0. The maximum Gasteiger partial charge on any atom is 0.251 e. The summed E-state index contributed by atoms with van der Waals surface area (Å²) in [5.41, 5.74) is 2.34.